The molecule has 1 aromatic carbocycles. The summed E-state index contributed by atoms with van der Waals surface area (Å²) in [5.74, 6) is -0.672. The molecule has 0 bridgehead atoms. The molecule has 2 amide bonds. The van der Waals surface area contributed by atoms with Gasteiger partial charge >= 0.3 is 6.03 Å². The SMILES string of the molecule is COc1ccc(CNC(=O)N2CCc3c(F)cc(F)cc3C2)cn1. The van der Waals surface area contributed by atoms with Crippen molar-refractivity contribution >= 4 is 6.03 Å². The van der Waals surface area contributed by atoms with Crippen molar-refractivity contribution in [3.8, 4) is 5.88 Å². The number of ether oxygens (including phenoxy) is 1. The Hall–Kier alpha value is -2.70. The Bertz CT molecular complexity index is 750. The van der Waals surface area contributed by atoms with Crippen LogP contribution in [-0.4, -0.2) is 29.6 Å². The van der Waals surface area contributed by atoms with Crippen molar-refractivity contribution in [1.82, 2.24) is 15.2 Å². The quantitative estimate of drug-likeness (QED) is 0.939. The van der Waals surface area contributed by atoms with Gasteiger partial charge in [-0.2, -0.15) is 0 Å². The molecule has 0 saturated carbocycles. The highest BCUT2D eigenvalue weighted by molar-refractivity contribution is 5.74. The summed E-state index contributed by atoms with van der Waals surface area (Å²) in [4.78, 5) is 17.9. The number of nitrogens with zero attached hydrogens (tertiary/aromatic N) is 2. The number of hydrogen-bond acceptors (Lipinski definition) is 3. The zero-order valence-corrected chi connectivity index (χ0v) is 13.2. The third kappa shape index (κ3) is 3.45. The number of carbonyl (C=O) groups is 1. The van der Waals surface area contributed by atoms with Gasteiger partial charge in [0.15, 0.2) is 0 Å². The molecule has 2 heterocycles. The van der Waals surface area contributed by atoms with E-state index in [9.17, 15) is 13.6 Å². The lowest BCUT2D eigenvalue weighted by Gasteiger charge is -2.29. The van der Waals surface area contributed by atoms with E-state index in [0.717, 1.165) is 11.6 Å². The van der Waals surface area contributed by atoms with E-state index in [2.05, 4.69) is 10.3 Å². The van der Waals surface area contributed by atoms with E-state index < -0.39 is 11.6 Å². The first kappa shape index (κ1) is 16.2. The Morgan fingerprint density at radius 2 is 2.21 bits per heavy atom. The third-order valence-electron chi connectivity index (χ3n) is 3.98. The minimum atomic E-state index is -0.627. The molecule has 126 valence electrons. The number of fused-ring (bicyclic) bond motifs is 1. The van der Waals surface area contributed by atoms with E-state index >= 15 is 0 Å². The van der Waals surface area contributed by atoms with Crippen molar-refractivity contribution in [2.45, 2.75) is 19.5 Å². The van der Waals surface area contributed by atoms with Gasteiger partial charge < -0.3 is 15.0 Å². The van der Waals surface area contributed by atoms with Crippen LogP contribution < -0.4 is 10.1 Å². The number of nitrogens with one attached hydrogen (secondary N) is 1. The highest BCUT2D eigenvalue weighted by Crippen LogP contribution is 2.23. The van der Waals surface area contributed by atoms with E-state index in [1.807, 2.05) is 6.07 Å². The van der Waals surface area contributed by atoms with Crippen LogP contribution in [0.5, 0.6) is 5.88 Å². The van der Waals surface area contributed by atoms with E-state index in [-0.39, 0.29) is 12.6 Å². The summed E-state index contributed by atoms with van der Waals surface area (Å²) in [5.41, 5.74) is 1.83. The lowest BCUT2D eigenvalue weighted by molar-refractivity contribution is 0.191. The molecule has 7 heteroatoms. The summed E-state index contributed by atoms with van der Waals surface area (Å²) in [7, 11) is 1.53. The number of amides is 2. The van der Waals surface area contributed by atoms with Gasteiger partial charge in [0, 0.05) is 38.0 Å². The van der Waals surface area contributed by atoms with Gasteiger partial charge in [0.05, 0.1) is 7.11 Å². The number of carbonyl (C=O) groups excluding carboxylic acids is 1. The van der Waals surface area contributed by atoms with Gasteiger partial charge in [-0.05, 0) is 29.2 Å². The standard InChI is InChI=1S/C17H17F2N3O2/c1-24-16-3-2-11(8-20-16)9-21-17(23)22-5-4-14-12(10-22)6-13(18)7-15(14)19/h2-3,6-8H,4-5,9-10H2,1H3,(H,21,23). The van der Waals surface area contributed by atoms with Crippen molar-refractivity contribution in [2.75, 3.05) is 13.7 Å². The average Bonchev–Trinajstić information content (AvgIpc) is 2.59. The molecule has 1 aliphatic heterocycles. The van der Waals surface area contributed by atoms with Gasteiger partial charge in [0.2, 0.25) is 5.88 Å². The van der Waals surface area contributed by atoms with Gasteiger partial charge in [0.25, 0.3) is 0 Å². The van der Waals surface area contributed by atoms with Crippen LogP contribution in [0.25, 0.3) is 0 Å². The van der Waals surface area contributed by atoms with Crippen molar-refractivity contribution in [2.24, 2.45) is 0 Å². The Labute approximate surface area is 138 Å². The van der Waals surface area contributed by atoms with Crippen LogP contribution in [0.4, 0.5) is 13.6 Å². The van der Waals surface area contributed by atoms with Crippen molar-refractivity contribution in [3.05, 3.63) is 58.8 Å². The van der Waals surface area contributed by atoms with Crippen LogP contribution in [0.1, 0.15) is 16.7 Å². The monoisotopic (exact) mass is 333 g/mol. The first-order chi connectivity index (χ1) is 11.6. The Balaban J connectivity index is 1.61. The zero-order valence-electron chi connectivity index (χ0n) is 13.2. The Kier molecular flexibility index (Phi) is 4.59. The Morgan fingerprint density at radius 3 is 2.92 bits per heavy atom. The molecular formula is C17H17F2N3O2. The lowest BCUT2D eigenvalue weighted by atomic mass is 9.99. The van der Waals surface area contributed by atoms with E-state index in [1.165, 1.54) is 18.1 Å². The summed E-state index contributed by atoms with van der Waals surface area (Å²) in [6.45, 7) is 0.898. The second-order valence-electron chi connectivity index (χ2n) is 5.56. The molecule has 24 heavy (non-hydrogen) atoms. The fourth-order valence-electron chi connectivity index (χ4n) is 2.71. The van der Waals surface area contributed by atoms with Crippen molar-refractivity contribution in [3.63, 3.8) is 0 Å². The smallest absolute Gasteiger partial charge is 0.317 e. The molecule has 1 N–H and O–H groups in total. The summed E-state index contributed by atoms with van der Waals surface area (Å²) in [6.07, 6.45) is 1.99. The predicted molar refractivity (Wildman–Crippen MR) is 83.5 cm³/mol. The summed E-state index contributed by atoms with van der Waals surface area (Å²) < 4.78 is 32.0. The number of methoxy groups -OCH3 is 1. The van der Waals surface area contributed by atoms with Crippen LogP contribution in [-0.2, 0) is 19.5 Å². The molecule has 0 fully saturated rings. The molecule has 0 atom stereocenters. The predicted octanol–water partition coefficient (Wildman–Crippen LogP) is 2.64. The molecule has 1 aliphatic rings. The maximum atomic E-state index is 13.7. The molecule has 0 spiro atoms. The summed E-state index contributed by atoms with van der Waals surface area (Å²) >= 11 is 0. The molecule has 0 radical (unpaired) electrons. The second kappa shape index (κ2) is 6.82. The molecule has 1 aromatic heterocycles. The van der Waals surface area contributed by atoms with Crippen LogP contribution in [0, 0.1) is 11.6 Å². The fraction of sp³-hybridized carbons (Fsp3) is 0.294. The first-order valence-corrected chi connectivity index (χ1v) is 7.55. The van der Waals surface area contributed by atoms with Crippen molar-refractivity contribution < 1.29 is 18.3 Å². The van der Waals surface area contributed by atoms with Crippen LogP contribution >= 0.6 is 0 Å². The number of benzene rings is 1. The Morgan fingerprint density at radius 1 is 1.38 bits per heavy atom. The zero-order chi connectivity index (χ0) is 17.1. The molecule has 2 aromatic rings. The van der Waals surface area contributed by atoms with Crippen LogP contribution in [0.3, 0.4) is 0 Å². The molecule has 0 aliphatic carbocycles. The highest BCUT2D eigenvalue weighted by atomic mass is 19.1. The maximum Gasteiger partial charge on any atom is 0.317 e. The number of hydrogen-bond donors (Lipinski definition) is 1. The van der Waals surface area contributed by atoms with Gasteiger partial charge in [-0.15, -0.1) is 0 Å². The summed E-state index contributed by atoms with van der Waals surface area (Å²) in [6, 6.07) is 5.41. The number of pyridine rings is 1. The van der Waals surface area contributed by atoms with Crippen molar-refractivity contribution in [1.29, 1.82) is 0 Å². The molecule has 5 nitrogen and oxygen atoms in total. The van der Waals surface area contributed by atoms with Gasteiger partial charge in [0.1, 0.15) is 11.6 Å². The minimum Gasteiger partial charge on any atom is -0.481 e. The highest BCUT2D eigenvalue weighted by Gasteiger charge is 2.23. The first-order valence-electron chi connectivity index (χ1n) is 7.55. The average molecular weight is 333 g/mol. The maximum absolute atomic E-state index is 13.7. The molecule has 0 unspecified atom stereocenters. The largest absolute Gasteiger partial charge is 0.481 e. The van der Waals surface area contributed by atoms with Gasteiger partial charge in [-0.1, -0.05) is 6.07 Å². The number of aromatic nitrogens is 1. The normalized spacial score (nSPS) is 13.4. The number of urea groups is 1. The number of rotatable bonds is 3. The third-order valence-corrected chi connectivity index (χ3v) is 3.98. The lowest BCUT2D eigenvalue weighted by Crippen LogP contribution is -2.42. The van der Waals surface area contributed by atoms with Gasteiger partial charge in [-0.25, -0.2) is 18.6 Å². The number of halogens is 2. The van der Waals surface area contributed by atoms with E-state index in [4.69, 9.17) is 4.74 Å². The minimum absolute atomic E-state index is 0.191. The van der Waals surface area contributed by atoms with Crippen LogP contribution in [0.2, 0.25) is 0 Å². The van der Waals surface area contributed by atoms with Gasteiger partial charge in [-0.3, -0.25) is 0 Å². The topological polar surface area (TPSA) is 54.5 Å². The fourth-order valence-corrected chi connectivity index (χ4v) is 2.71. The van der Waals surface area contributed by atoms with Crippen LogP contribution in [0.15, 0.2) is 30.5 Å². The molecule has 0 saturated heterocycles. The summed E-state index contributed by atoms with van der Waals surface area (Å²) in [5, 5.41) is 2.78. The molecular weight excluding hydrogens is 316 g/mol. The second-order valence-corrected chi connectivity index (χ2v) is 5.56. The molecule has 3 rings (SSSR count). The van der Waals surface area contributed by atoms with E-state index in [0.29, 0.717) is 36.5 Å². The van der Waals surface area contributed by atoms with E-state index in [1.54, 1.807) is 12.3 Å².